The summed E-state index contributed by atoms with van der Waals surface area (Å²) >= 11 is 0. The highest BCUT2D eigenvalue weighted by Crippen LogP contribution is 2.59. The second kappa shape index (κ2) is 10.2. The molecule has 2 N–H and O–H groups in total. The summed E-state index contributed by atoms with van der Waals surface area (Å²) in [5, 5.41) is 11.9. The van der Waals surface area contributed by atoms with Gasteiger partial charge in [0, 0.05) is 12.8 Å². The first-order chi connectivity index (χ1) is 16.3. The van der Waals surface area contributed by atoms with Crippen LogP contribution >= 0.6 is 0 Å². The number of aliphatic hydroxyl groups excluding tert-OH is 1. The van der Waals surface area contributed by atoms with Crippen LogP contribution in [0.4, 0.5) is 5.69 Å². The summed E-state index contributed by atoms with van der Waals surface area (Å²) in [6, 6.07) is 7.21. The lowest BCUT2D eigenvalue weighted by molar-refractivity contribution is -0.170. The van der Waals surface area contributed by atoms with E-state index in [1.54, 1.807) is 19.2 Å². The molecule has 1 aromatic rings. The molecule has 0 aromatic heterocycles. The fourth-order valence-electron chi connectivity index (χ4n) is 5.29. The van der Waals surface area contributed by atoms with Crippen molar-refractivity contribution in [2.45, 2.75) is 69.5 Å². The zero-order chi connectivity index (χ0) is 24.3. The monoisotopic (exact) mass is 475 g/mol. The summed E-state index contributed by atoms with van der Waals surface area (Å²) in [4.78, 5) is 12.7. The molecule has 34 heavy (non-hydrogen) atoms. The summed E-state index contributed by atoms with van der Waals surface area (Å²) in [5.74, 6) is 0.335. The van der Waals surface area contributed by atoms with Gasteiger partial charge in [0.15, 0.2) is 0 Å². The largest absolute Gasteiger partial charge is 0.491 e. The molecule has 0 amide bonds. The Balaban J connectivity index is 1.35. The number of hydrogen-bond donors (Lipinski definition) is 2. The van der Waals surface area contributed by atoms with Gasteiger partial charge in [-0.3, -0.25) is 4.79 Å². The van der Waals surface area contributed by atoms with Crippen molar-refractivity contribution < 1.29 is 33.6 Å². The van der Waals surface area contributed by atoms with E-state index < -0.39 is 0 Å². The molecule has 0 bridgehead atoms. The minimum Gasteiger partial charge on any atom is -0.491 e. The molecule has 2 saturated heterocycles. The Bertz CT molecular complexity index is 878. The van der Waals surface area contributed by atoms with Gasteiger partial charge in [0.2, 0.25) is 0 Å². The Morgan fingerprint density at radius 3 is 2.65 bits per heavy atom. The first-order valence-electron chi connectivity index (χ1n) is 12.1. The second-order valence-electron chi connectivity index (χ2n) is 9.86. The number of methoxy groups -OCH3 is 1. The smallest absolute Gasteiger partial charge is 0.325 e. The summed E-state index contributed by atoms with van der Waals surface area (Å²) in [7, 11) is 1.68. The van der Waals surface area contributed by atoms with Crippen molar-refractivity contribution in [3.05, 3.63) is 35.9 Å². The van der Waals surface area contributed by atoms with E-state index in [1.165, 1.54) is 5.57 Å². The number of carbonyl (C=O) groups is 1. The molecule has 3 fully saturated rings. The number of ether oxygens (including phenoxy) is 5. The van der Waals surface area contributed by atoms with Crippen molar-refractivity contribution in [3.63, 3.8) is 0 Å². The third-order valence-electron chi connectivity index (χ3n) is 7.17. The Labute approximate surface area is 201 Å². The first-order valence-corrected chi connectivity index (χ1v) is 12.1. The van der Waals surface area contributed by atoms with Gasteiger partial charge in [-0.1, -0.05) is 11.6 Å². The van der Waals surface area contributed by atoms with Gasteiger partial charge < -0.3 is 34.1 Å². The Morgan fingerprint density at radius 1 is 1.29 bits per heavy atom. The number of esters is 1. The molecule has 0 radical (unpaired) electrons. The fraction of sp³-hybridized carbons (Fsp3) is 0.654. The number of allylic oxidation sites excluding steroid dienone is 1. The molecule has 2 heterocycles. The Kier molecular flexibility index (Phi) is 7.52. The van der Waals surface area contributed by atoms with Crippen molar-refractivity contribution in [3.8, 4) is 5.75 Å². The molecule has 1 spiro atoms. The quantitative estimate of drug-likeness (QED) is 0.286. The number of hydrogen-bond acceptors (Lipinski definition) is 8. The molecule has 8 nitrogen and oxygen atoms in total. The van der Waals surface area contributed by atoms with Crippen LogP contribution in [0, 0.1) is 5.92 Å². The summed E-state index contributed by atoms with van der Waals surface area (Å²) in [6.07, 6.45) is 4.07. The van der Waals surface area contributed by atoms with E-state index in [9.17, 15) is 4.79 Å². The van der Waals surface area contributed by atoms with Crippen molar-refractivity contribution >= 4 is 11.7 Å². The lowest BCUT2D eigenvalue weighted by atomic mass is 9.68. The number of rotatable bonds is 11. The zero-order valence-corrected chi connectivity index (χ0v) is 20.5. The van der Waals surface area contributed by atoms with E-state index in [2.05, 4.69) is 32.2 Å². The molecule has 1 aliphatic carbocycles. The van der Waals surface area contributed by atoms with Crippen LogP contribution < -0.4 is 10.1 Å². The van der Waals surface area contributed by atoms with Gasteiger partial charge in [0.25, 0.3) is 0 Å². The maximum Gasteiger partial charge on any atom is 0.325 e. The van der Waals surface area contributed by atoms with E-state index in [0.29, 0.717) is 18.8 Å². The molecule has 4 rings (SSSR count). The Hall–Kier alpha value is -2.13. The number of aliphatic hydroxyl groups is 1. The molecule has 2 aliphatic heterocycles. The van der Waals surface area contributed by atoms with E-state index in [-0.39, 0.29) is 61.2 Å². The zero-order valence-electron chi connectivity index (χ0n) is 20.5. The SMILES string of the molecule is COC1C(OC(=O)CNc2ccc(OCCO)cc2)CCC2(CO2)C1C1(C)OC1CC=C(C)C. The molecule has 3 aliphatic rings. The van der Waals surface area contributed by atoms with E-state index >= 15 is 0 Å². The summed E-state index contributed by atoms with van der Waals surface area (Å²) in [6.45, 7) is 7.27. The van der Waals surface area contributed by atoms with Crippen LogP contribution in [-0.4, -0.2) is 74.1 Å². The molecule has 188 valence electrons. The van der Waals surface area contributed by atoms with Crippen molar-refractivity contribution in [1.82, 2.24) is 0 Å². The molecule has 6 unspecified atom stereocenters. The van der Waals surface area contributed by atoms with Crippen LogP contribution in [0.15, 0.2) is 35.9 Å². The van der Waals surface area contributed by atoms with Crippen molar-refractivity contribution in [2.24, 2.45) is 5.92 Å². The van der Waals surface area contributed by atoms with E-state index in [4.69, 9.17) is 28.8 Å². The highest BCUT2D eigenvalue weighted by atomic mass is 16.6. The molecule has 8 heteroatoms. The van der Waals surface area contributed by atoms with Crippen molar-refractivity contribution in [1.29, 1.82) is 0 Å². The molecule has 6 atom stereocenters. The van der Waals surface area contributed by atoms with Gasteiger partial charge in [-0.2, -0.15) is 0 Å². The van der Waals surface area contributed by atoms with Crippen LogP contribution in [0.5, 0.6) is 5.75 Å². The van der Waals surface area contributed by atoms with Crippen LogP contribution in [0.1, 0.15) is 40.0 Å². The standard InChI is InChI=1S/C26H37NO7/c1-17(2)5-10-21-25(3,34-21)24-23(30-4)20(11-12-26(24)16-32-26)33-22(29)15-27-18-6-8-19(9-7-18)31-14-13-28/h5-9,20-21,23-24,27-28H,10-16H2,1-4H3. The second-order valence-corrected chi connectivity index (χ2v) is 9.86. The third kappa shape index (κ3) is 5.40. The first kappa shape index (κ1) is 25.0. The summed E-state index contributed by atoms with van der Waals surface area (Å²) < 4.78 is 29.4. The molecular weight excluding hydrogens is 438 g/mol. The average molecular weight is 476 g/mol. The van der Waals surface area contributed by atoms with Gasteiger partial charge in [-0.15, -0.1) is 0 Å². The molecular formula is C26H37NO7. The van der Waals surface area contributed by atoms with Crippen LogP contribution in [0.25, 0.3) is 0 Å². The van der Waals surface area contributed by atoms with Crippen LogP contribution in [0.3, 0.4) is 0 Å². The highest BCUT2D eigenvalue weighted by Gasteiger charge is 2.72. The minimum atomic E-state index is -0.355. The lowest BCUT2D eigenvalue weighted by Gasteiger charge is -2.42. The summed E-state index contributed by atoms with van der Waals surface area (Å²) in [5.41, 5.74) is 1.46. The third-order valence-corrected chi connectivity index (χ3v) is 7.17. The van der Waals surface area contributed by atoms with Gasteiger partial charge >= 0.3 is 5.97 Å². The molecule has 1 saturated carbocycles. The average Bonchev–Trinajstić information content (AvgIpc) is 3.74. The number of nitrogens with one attached hydrogen (secondary N) is 1. The highest BCUT2D eigenvalue weighted by molar-refractivity contribution is 5.75. The normalized spacial score (nSPS) is 33.8. The maximum atomic E-state index is 12.7. The number of benzene rings is 1. The van der Waals surface area contributed by atoms with E-state index in [1.807, 2.05) is 12.1 Å². The fourth-order valence-corrected chi connectivity index (χ4v) is 5.29. The van der Waals surface area contributed by atoms with Gasteiger partial charge in [-0.25, -0.2) is 0 Å². The number of anilines is 1. The predicted octanol–water partition coefficient (Wildman–Crippen LogP) is 3.09. The minimum absolute atomic E-state index is 0.00605. The van der Waals surface area contributed by atoms with Gasteiger partial charge in [0.1, 0.15) is 42.3 Å². The number of carbonyl (C=O) groups excluding carboxylic acids is 1. The maximum absolute atomic E-state index is 12.7. The van der Waals surface area contributed by atoms with Gasteiger partial charge in [-0.05, 0) is 64.3 Å². The number of epoxide rings is 2. The van der Waals surface area contributed by atoms with Crippen molar-refractivity contribution in [2.75, 3.05) is 38.8 Å². The Morgan fingerprint density at radius 2 is 2.03 bits per heavy atom. The topological polar surface area (TPSA) is 102 Å². The predicted molar refractivity (Wildman–Crippen MR) is 127 cm³/mol. The van der Waals surface area contributed by atoms with Crippen LogP contribution in [0.2, 0.25) is 0 Å². The van der Waals surface area contributed by atoms with Crippen LogP contribution in [-0.2, 0) is 23.7 Å². The lowest BCUT2D eigenvalue weighted by Crippen LogP contribution is -2.55. The van der Waals surface area contributed by atoms with Gasteiger partial charge in [0.05, 0.1) is 25.2 Å². The van der Waals surface area contributed by atoms with E-state index in [0.717, 1.165) is 18.5 Å². The molecule has 1 aromatic carbocycles.